The first kappa shape index (κ1) is 18.5. The maximum atomic E-state index is 12.1. The molecule has 1 saturated heterocycles. The van der Waals surface area contributed by atoms with Crippen LogP contribution in [0.25, 0.3) is 20.7 Å². The van der Waals surface area contributed by atoms with E-state index in [9.17, 15) is 4.79 Å². The van der Waals surface area contributed by atoms with Gasteiger partial charge in [0.25, 0.3) is 0 Å². The van der Waals surface area contributed by atoms with Gasteiger partial charge >= 0.3 is 0 Å². The molecule has 2 aliphatic rings. The van der Waals surface area contributed by atoms with Gasteiger partial charge in [-0.1, -0.05) is 30.3 Å². The minimum atomic E-state index is 0.159. The van der Waals surface area contributed by atoms with E-state index in [2.05, 4.69) is 56.3 Å². The Morgan fingerprint density at radius 1 is 1.14 bits per heavy atom. The summed E-state index contributed by atoms with van der Waals surface area (Å²) in [6.07, 6.45) is 3.94. The molecule has 0 bridgehead atoms. The van der Waals surface area contributed by atoms with Crippen molar-refractivity contribution in [3.8, 4) is 10.4 Å². The van der Waals surface area contributed by atoms with E-state index >= 15 is 0 Å². The Labute approximate surface area is 174 Å². The Hall–Kier alpha value is -2.51. The molecule has 6 nitrogen and oxygen atoms in total. The molecule has 1 aliphatic heterocycles. The molecule has 2 fully saturated rings. The summed E-state index contributed by atoms with van der Waals surface area (Å²) < 4.78 is 0. The van der Waals surface area contributed by atoms with Crippen LogP contribution < -0.4 is 10.2 Å². The van der Waals surface area contributed by atoms with Crippen molar-refractivity contribution in [2.45, 2.75) is 25.8 Å². The van der Waals surface area contributed by atoms with E-state index in [1.165, 1.54) is 16.0 Å². The van der Waals surface area contributed by atoms with E-state index in [1.54, 1.807) is 17.7 Å². The number of piperazine rings is 1. The summed E-state index contributed by atoms with van der Waals surface area (Å²) in [6.45, 7) is 6.17. The predicted octanol–water partition coefficient (Wildman–Crippen LogP) is 3.07. The van der Waals surface area contributed by atoms with Crippen LogP contribution in [0.5, 0.6) is 0 Å². The number of thiophene rings is 1. The van der Waals surface area contributed by atoms with E-state index < -0.39 is 0 Å². The molecule has 7 heteroatoms. The molecule has 1 amide bonds. The smallest absolute Gasteiger partial charge is 0.234 e. The number of aromatic nitrogens is 2. The minimum absolute atomic E-state index is 0.159. The third-order valence-corrected chi connectivity index (χ3v) is 6.97. The number of nitrogens with one attached hydrogen (secondary N) is 1. The van der Waals surface area contributed by atoms with Crippen molar-refractivity contribution in [2.75, 3.05) is 37.6 Å². The first-order chi connectivity index (χ1) is 14.2. The average molecular weight is 408 g/mol. The fourth-order valence-corrected chi connectivity index (χ4v) is 5.13. The van der Waals surface area contributed by atoms with Gasteiger partial charge in [-0.15, -0.1) is 11.3 Å². The normalized spacial score (nSPS) is 17.6. The number of anilines is 1. The molecule has 3 aromatic rings. The summed E-state index contributed by atoms with van der Waals surface area (Å²) in [7, 11) is 0. The number of fused-ring (bicyclic) bond motifs is 1. The lowest BCUT2D eigenvalue weighted by Crippen LogP contribution is -2.50. The van der Waals surface area contributed by atoms with Gasteiger partial charge in [0.1, 0.15) is 17.0 Å². The molecule has 1 saturated carbocycles. The number of benzene rings is 1. The molecule has 2 aromatic heterocycles. The molecular formula is C22H25N5OS. The highest BCUT2D eigenvalue weighted by Gasteiger charge is 2.26. The van der Waals surface area contributed by atoms with Crippen molar-refractivity contribution in [3.63, 3.8) is 0 Å². The van der Waals surface area contributed by atoms with Crippen LogP contribution in [-0.4, -0.2) is 59.5 Å². The number of rotatable bonds is 5. The fourth-order valence-electron chi connectivity index (χ4n) is 3.98. The molecule has 5 rings (SSSR count). The van der Waals surface area contributed by atoms with Crippen LogP contribution >= 0.6 is 11.3 Å². The molecule has 150 valence electrons. The quantitative estimate of drug-likeness (QED) is 0.704. The standard InChI is InChI=1S/C22H25N5OS/c1-15-19-21(23-14-24-22(19)29-20(15)16-5-3-2-4-6-16)27-11-9-26(10-12-27)13-18(28)25-17-7-8-17/h2-6,14,17H,7-13H2,1H3,(H,25,28). The Kier molecular flexibility index (Phi) is 4.93. The van der Waals surface area contributed by atoms with Crippen molar-refractivity contribution in [3.05, 3.63) is 42.2 Å². The Bertz CT molecular complexity index is 1020. The second kappa shape index (κ2) is 7.72. The molecule has 0 spiro atoms. The van der Waals surface area contributed by atoms with Crippen molar-refractivity contribution in [1.29, 1.82) is 0 Å². The largest absolute Gasteiger partial charge is 0.353 e. The molecule has 0 atom stereocenters. The number of aryl methyl sites for hydroxylation is 1. The molecule has 3 heterocycles. The zero-order valence-electron chi connectivity index (χ0n) is 16.6. The van der Waals surface area contributed by atoms with Gasteiger partial charge in [-0.3, -0.25) is 9.69 Å². The summed E-state index contributed by atoms with van der Waals surface area (Å²) in [5.41, 5.74) is 2.48. The summed E-state index contributed by atoms with van der Waals surface area (Å²) in [5.74, 6) is 1.18. The van der Waals surface area contributed by atoms with Gasteiger partial charge in [-0.2, -0.15) is 0 Å². The van der Waals surface area contributed by atoms with Crippen LogP contribution in [0, 0.1) is 6.92 Å². The maximum absolute atomic E-state index is 12.1. The number of amides is 1. The Morgan fingerprint density at radius 2 is 1.90 bits per heavy atom. The van der Waals surface area contributed by atoms with Crippen molar-refractivity contribution in [2.24, 2.45) is 0 Å². The van der Waals surface area contributed by atoms with Gasteiger partial charge in [0.15, 0.2) is 0 Å². The van der Waals surface area contributed by atoms with Crippen LogP contribution in [0.4, 0.5) is 5.82 Å². The molecule has 0 unspecified atom stereocenters. The molecule has 29 heavy (non-hydrogen) atoms. The highest BCUT2D eigenvalue weighted by molar-refractivity contribution is 7.22. The Morgan fingerprint density at radius 3 is 2.62 bits per heavy atom. The number of hydrogen-bond donors (Lipinski definition) is 1. The van der Waals surface area contributed by atoms with Gasteiger partial charge < -0.3 is 10.2 Å². The third kappa shape index (κ3) is 3.84. The van der Waals surface area contributed by atoms with Crippen LogP contribution in [0.1, 0.15) is 18.4 Å². The minimum Gasteiger partial charge on any atom is -0.353 e. The highest BCUT2D eigenvalue weighted by atomic mass is 32.1. The topological polar surface area (TPSA) is 61.4 Å². The SMILES string of the molecule is Cc1c(-c2ccccc2)sc2ncnc(N3CCN(CC(=O)NC4CC4)CC3)c12. The second-order valence-corrected chi connectivity index (χ2v) is 8.90. The third-order valence-electron chi connectivity index (χ3n) is 5.72. The fraction of sp³-hybridized carbons (Fsp3) is 0.409. The summed E-state index contributed by atoms with van der Waals surface area (Å²) in [5, 5.41) is 4.24. The molecule has 1 aliphatic carbocycles. The van der Waals surface area contributed by atoms with Crippen LogP contribution in [0.3, 0.4) is 0 Å². The summed E-state index contributed by atoms with van der Waals surface area (Å²) in [6, 6.07) is 10.9. The first-order valence-electron chi connectivity index (χ1n) is 10.3. The van der Waals surface area contributed by atoms with Gasteiger partial charge in [0, 0.05) is 37.1 Å². The average Bonchev–Trinajstić information content (AvgIpc) is 3.49. The number of carbonyl (C=O) groups excluding carboxylic acids is 1. The number of hydrogen-bond acceptors (Lipinski definition) is 6. The zero-order valence-corrected chi connectivity index (χ0v) is 17.4. The van der Waals surface area contributed by atoms with Crippen LogP contribution in [0.15, 0.2) is 36.7 Å². The lowest BCUT2D eigenvalue weighted by molar-refractivity contribution is -0.122. The second-order valence-electron chi connectivity index (χ2n) is 7.90. The lowest BCUT2D eigenvalue weighted by atomic mass is 10.1. The molecular weight excluding hydrogens is 382 g/mol. The van der Waals surface area contributed by atoms with Crippen molar-refractivity contribution >= 4 is 33.3 Å². The molecule has 1 aromatic carbocycles. The summed E-state index contributed by atoms with van der Waals surface area (Å²) >= 11 is 1.73. The molecule has 0 radical (unpaired) electrons. The van der Waals surface area contributed by atoms with E-state index in [4.69, 9.17) is 0 Å². The van der Waals surface area contributed by atoms with Crippen LogP contribution in [0.2, 0.25) is 0 Å². The number of carbonyl (C=O) groups is 1. The summed E-state index contributed by atoms with van der Waals surface area (Å²) in [4.78, 5) is 28.2. The first-order valence-corrected chi connectivity index (χ1v) is 11.1. The van der Waals surface area contributed by atoms with E-state index in [1.807, 2.05) is 6.07 Å². The lowest BCUT2D eigenvalue weighted by Gasteiger charge is -2.35. The molecule has 1 N–H and O–H groups in total. The van der Waals surface area contributed by atoms with Crippen molar-refractivity contribution < 1.29 is 4.79 Å². The highest BCUT2D eigenvalue weighted by Crippen LogP contribution is 2.40. The van der Waals surface area contributed by atoms with Gasteiger partial charge in [-0.05, 0) is 30.9 Å². The van der Waals surface area contributed by atoms with Gasteiger partial charge in [-0.25, -0.2) is 9.97 Å². The Balaban J connectivity index is 1.34. The van der Waals surface area contributed by atoms with E-state index in [0.29, 0.717) is 12.6 Å². The zero-order chi connectivity index (χ0) is 19.8. The van der Waals surface area contributed by atoms with Crippen molar-refractivity contribution in [1.82, 2.24) is 20.2 Å². The van der Waals surface area contributed by atoms with Crippen LogP contribution in [-0.2, 0) is 4.79 Å². The predicted molar refractivity (Wildman–Crippen MR) is 117 cm³/mol. The monoisotopic (exact) mass is 407 g/mol. The maximum Gasteiger partial charge on any atom is 0.234 e. The van der Waals surface area contributed by atoms with E-state index in [0.717, 1.165) is 55.1 Å². The van der Waals surface area contributed by atoms with E-state index in [-0.39, 0.29) is 5.91 Å². The van der Waals surface area contributed by atoms with Gasteiger partial charge in [0.05, 0.1) is 11.9 Å². The van der Waals surface area contributed by atoms with Gasteiger partial charge in [0.2, 0.25) is 5.91 Å². The number of nitrogens with zero attached hydrogens (tertiary/aromatic N) is 4.